The van der Waals surface area contributed by atoms with E-state index in [0.717, 1.165) is 17.3 Å². The van der Waals surface area contributed by atoms with Gasteiger partial charge < -0.3 is 4.98 Å². The minimum absolute atomic E-state index is 0.0887. The van der Waals surface area contributed by atoms with Crippen LogP contribution in [0.3, 0.4) is 0 Å². The molecular formula is C13H15NO. The van der Waals surface area contributed by atoms with Gasteiger partial charge >= 0.3 is 0 Å². The molecule has 0 fully saturated rings. The zero-order valence-corrected chi connectivity index (χ0v) is 8.92. The van der Waals surface area contributed by atoms with E-state index in [0.29, 0.717) is 0 Å². The molecule has 2 heteroatoms. The summed E-state index contributed by atoms with van der Waals surface area (Å²) in [5.41, 5.74) is 2.33. The van der Waals surface area contributed by atoms with Crippen molar-refractivity contribution in [3.05, 3.63) is 46.2 Å². The lowest BCUT2D eigenvalue weighted by molar-refractivity contribution is 0.796. The van der Waals surface area contributed by atoms with Gasteiger partial charge in [0.15, 0.2) is 5.43 Å². The maximum absolute atomic E-state index is 11.5. The van der Waals surface area contributed by atoms with Crippen LogP contribution < -0.4 is 5.43 Å². The molecule has 0 atom stereocenters. The van der Waals surface area contributed by atoms with Crippen molar-refractivity contribution in [2.24, 2.45) is 0 Å². The topological polar surface area (TPSA) is 32.9 Å². The number of aryl methyl sites for hydroxylation is 1. The number of pyridine rings is 1. The van der Waals surface area contributed by atoms with Crippen LogP contribution in [0.25, 0.3) is 10.9 Å². The highest BCUT2D eigenvalue weighted by molar-refractivity contribution is 5.78. The van der Waals surface area contributed by atoms with Gasteiger partial charge in [0.05, 0.1) is 0 Å². The maximum atomic E-state index is 11.5. The third-order valence-corrected chi connectivity index (χ3v) is 2.64. The SMILES string of the molecule is CCCCc1ccc2c(=O)cc[nH]c2c1. The standard InChI is InChI=1S/C13H15NO/c1-2-3-4-10-5-6-11-12(9-10)14-8-7-13(11)15/h5-9H,2-4H2,1H3,(H,14,15). The normalized spacial score (nSPS) is 10.7. The summed E-state index contributed by atoms with van der Waals surface area (Å²) in [5.74, 6) is 0. The monoisotopic (exact) mass is 201 g/mol. The molecule has 15 heavy (non-hydrogen) atoms. The lowest BCUT2D eigenvalue weighted by Crippen LogP contribution is -2.00. The number of fused-ring (bicyclic) bond motifs is 1. The quantitative estimate of drug-likeness (QED) is 0.813. The summed E-state index contributed by atoms with van der Waals surface area (Å²) in [5, 5.41) is 0.776. The lowest BCUT2D eigenvalue weighted by Gasteiger charge is -2.02. The largest absolute Gasteiger partial charge is 0.361 e. The average molecular weight is 201 g/mol. The van der Waals surface area contributed by atoms with E-state index < -0.39 is 0 Å². The first kappa shape index (κ1) is 9.97. The van der Waals surface area contributed by atoms with Crippen LogP contribution in [0.1, 0.15) is 25.3 Å². The first-order valence-corrected chi connectivity index (χ1v) is 5.41. The van der Waals surface area contributed by atoms with Gasteiger partial charge in [-0.05, 0) is 30.5 Å². The summed E-state index contributed by atoms with van der Waals surface area (Å²) in [7, 11) is 0. The Bertz CT molecular complexity index is 513. The van der Waals surface area contributed by atoms with E-state index in [2.05, 4.69) is 18.0 Å². The molecule has 0 unspecified atom stereocenters. The Morgan fingerprint density at radius 3 is 2.93 bits per heavy atom. The van der Waals surface area contributed by atoms with Crippen LogP contribution in [0.5, 0.6) is 0 Å². The predicted octanol–water partition coefficient (Wildman–Crippen LogP) is 2.87. The molecule has 1 aromatic carbocycles. The molecule has 78 valence electrons. The smallest absolute Gasteiger partial charge is 0.189 e. The summed E-state index contributed by atoms with van der Waals surface area (Å²) in [4.78, 5) is 14.6. The molecule has 1 heterocycles. The number of nitrogens with one attached hydrogen (secondary N) is 1. The highest BCUT2D eigenvalue weighted by Crippen LogP contribution is 2.12. The molecule has 0 spiro atoms. The van der Waals surface area contributed by atoms with Gasteiger partial charge in [-0.15, -0.1) is 0 Å². The van der Waals surface area contributed by atoms with Crippen LogP contribution in [0, 0.1) is 0 Å². The van der Waals surface area contributed by atoms with E-state index in [1.807, 2.05) is 12.1 Å². The molecule has 0 aliphatic heterocycles. The van der Waals surface area contributed by atoms with Gasteiger partial charge in [-0.25, -0.2) is 0 Å². The average Bonchev–Trinajstić information content (AvgIpc) is 2.26. The van der Waals surface area contributed by atoms with E-state index in [4.69, 9.17) is 0 Å². The van der Waals surface area contributed by atoms with Crippen molar-refractivity contribution in [2.75, 3.05) is 0 Å². The summed E-state index contributed by atoms with van der Waals surface area (Å²) < 4.78 is 0. The summed E-state index contributed by atoms with van der Waals surface area (Å²) in [6.07, 6.45) is 5.18. The van der Waals surface area contributed by atoms with Gasteiger partial charge in [0, 0.05) is 23.2 Å². The van der Waals surface area contributed by atoms with Crippen LogP contribution >= 0.6 is 0 Å². The second-order valence-electron chi connectivity index (χ2n) is 3.83. The maximum Gasteiger partial charge on any atom is 0.189 e. The molecule has 2 rings (SSSR count). The summed E-state index contributed by atoms with van der Waals surface area (Å²) in [6.45, 7) is 2.18. The third-order valence-electron chi connectivity index (χ3n) is 2.64. The van der Waals surface area contributed by atoms with Crippen LogP contribution in [0.4, 0.5) is 0 Å². The van der Waals surface area contributed by atoms with Gasteiger partial charge in [0.1, 0.15) is 0 Å². The molecule has 0 amide bonds. The Morgan fingerprint density at radius 1 is 1.27 bits per heavy atom. The van der Waals surface area contributed by atoms with E-state index in [9.17, 15) is 4.79 Å². The molecule has 0 saturated carbocycles. The first-order valence-electron chi connectivity index (χ1n) is 5.41. The number of hydrogen-bond donors (Lipinski definition) is 1. The van der Waals surface area contributed by atoms with E-state index in [1.165, 1.54) is 18.4 Å². The molecule has 1 N–H and O–H groups in total. The van der Waals surface area contributed by atoms with Gasteiger partial charge in [0.25, 0.3) is 0 Å². The number of rotatable bonds is 3. The minimum Gasteiger partial charge on any atom is -0.361 e. The van der Waals surface area contributed by atoms with Crippen molar-refractivity contribution >= 4 is 10.9 Å². The Balaban J connectivity index is 2.43. The van der Waals surface area contributed by atoms with Gasteiger partial charge in [-0.2, -0.15) is 0 Å². The molecule has 1 aromatic heterocycles. The summed E-state index contributed by atoms with van der Waals surface area (Å²) >= 11 is 0. The van der Waals surface area contributed by atoms with Gasteiger partial charge in [-0.3, -0.25) is 4.79 Å². The van der Waals surface area contributed by atoms with Gasteiger partial charge in [-0.1, -0.05) is 19.4 Å². The van der Waals surface area contributed by atoms with Crippen molar-refractivity contribution in [3.8, 4) is 0 Å². The van der Waals surface area contributed by atoms with Crippen molar-refractivity contribution in [1.82, 2.24) is 4.98 Å². The van der Waals surface area contributed by atoms with Crippen molar-refractivity contribution in [1.29, 1.82) is 0 Å². The Morgan fingerprint density at radius 2 is 2.13 bits per heavy atom. The van der Waals surface area contributed by atoms with Gasteiger partial charge in [0.2, 0.25) is 0 Å². The van der Waals surface area contributed by atoms with Crippen molar-refractivity contribution < 1.29 is 0 Å². The first-order chi connectivity index (χ1) is 7.31. The Hall–Kier alpha value is -1.57. The molecule has 0 radical (unpaired) electrons. The Labute approximate surface area is 89.0 Å². The second kappa shape index (κ2) is 4.30. The fraction of sp³-hybridized carbons (Fsp3) is 0.308. The lowest BCUT2D eigenvalue weighted by atomic mass is 10.1. The molecule has 2 aromatic rings. The minimum atomic E-state index is 0.0887. The van der Waals surface area contributed by atoms with Crippen LogP contribution in [-0.2, 0) is 6.42 Å². The number of hydrogen-bond acceptors (Lipinski definition) is 1. The number of unbranched alkanes of at least 4 members (excludes halogenated alkanes) is 1. The molecule has 0 saturated heterocycles. The third kappa shape index (κ3) is 2.09. The highest BCUT2D eigenvalue weighted by atomic mass is 16.1. The van der Waals surface area contributed by atoms with Crippen LogP contribution in [0.2, 0.25) is 0 Å². The number of H-pyrrole nitrogens is 1. The number of aromatic amines is 1. The molecule has 0 aliphatic carbocycles. The molecule has 0 bridgehead atoms. The highest BCUT2D eigenvalue weighted by Gasteiger charge is 1.99. The number of benzene rings is 1. The van der Waals surface area contributed by atoms with E-state index in [-0.39, 0.29) is 5.43 Å². The number of aromatic nitrogens is 1. The molecular weight excluding hydrogens is 186 g/mol. The predicted molar refractivity (Wildman–Crippen MR) is 63.2 cm³/mol. The van der Waals surface area contributed by atoms with Crippen molar-refractivity contribution in [3.63, 3.8) is 0 Å². The fourth-order valence-corrected chi connectivity index (χ4v) is 1.76. The second-order valence-corrected chi connectivity index (χ2v) is 3.83. The fourth-order valence-electron chi connectivity index (χ4n) is 1.76. The zero-order chi connectivity index (χ0) is 10.7. The Kier molecular flexibility index (Phi) is 2.86. The zero-order valence-electron chi connectivity index (χ0n) is 8.92. The van der Waals surface area contributed by atoms with Crippen molar-refractivity contribution in [2.45, 2.75) is 26.2 Å². The van der Waals surface area contributed by atoms with Crippen LogP contribution in [0.15, 0.2) is 35.3 Å². The molecule has 2 nitrogen and oxygen atoms in total. The van der Waals surface area contributed by atoms with Crippen LogP contribution in [-0.4, -0.2) is 4.98 Å². The summed E-state index contributed by atoms with van der Waals surface area (Å²) in [6, 6.07) is 7.60. The molecule has 0 aliphatic rings. The van der Waals surface area contributed by atoms with E-state index in [1.54, 1.807) is 12.3 Å². The van der Waals surface area contributed by atoms with E-state index >= 15 is 0 Å².